The Hall–Kier alpha value is -1.07. The summed E-state index contributed by atoms with van der Waals surface area (Å²) in [6.45, 7) is 5.69. The van der Waals surface area contributed by atoms with Crippen LogP contribution in [0.1, 0.15) is 37.4 Å². The smallest absolute Gasteiger partial charge is 0.327 e. The van der Waals surface area contributed by atoms with Crippen LogP contribution in [0.25, 0.3) is 0 Å². The fraction of sp³-hybridized carbons (Fsp3) is 0.600. The molecule has 1 saturated heterocycles. The molecule has 1 aliphatic rings. The van der Waals surface area contributed by atoms with Crippen molar-refractivity contribution < 1.29 is 13.2 Å². The predicted molar refractivity (Wildman–Crippen MR) is 73.2 cm³/mol. The van der Waals surface area contributed by atoms with Gasteiger partial charge in [-0.3, -0.25) is 4.90 Å². The fourth-order valence-corrected chi connectivity index (χ4v) is 2.94. The summed E-state index contributed by atoms with van der Waals surface area (Å²) >= 11 is 0. The lowest BCUT2D eigenvalue weighted by atomic mass is 9.93. The van der Waals surface area contributed by atoms with Gasteiger partial charge >= 0.3 is 6.18 Å². The summed E-state index contributed by atoms with van der Waals surface area (Å²) in [5, 5.41) is 0. The van der Waals surface area contributed by atoms with Gasteiger partial charge in [-0.1, -0.05) is 19.1 Å². The van der Waals surface area contributed by atoms with Crippen LogP contribution in [0, 0.1) is 5.92 Å². The summed E-state index contributed by atoms with van der Waals surface area (Å²) in [7, 11) is 0. The van der Waals surface area contributed by atoms with Crippen molar-refractivity contribution in [3.05, 3.63) is 35.4 Å². The minimum atomic E-state index is -4.29. The van der Waals surface area contributed by atoms with Gasteiger partial charge in [0, 0.05) is 25.2 Å². The first-order chi connectivity index (χ1) is 9.27. The van der Waals surface area contributed by atoms with Crippen LogP contribution in [0.2, 0.25) is 0 Å². The SMILES string of the molecule is CC1CC(N)CN(C(C)c2cccc(C(F)(F)F)c2)C1. The molecule has 1 fully saturated rings. The van der Waals surface area contributed by atoms with Crippen molar-refractivity contribution in [2.45, 2.75) is 38.5 Å². The highest BCUT2D eigenvalue weighted by Gasteiger charge is 2.32. The monoisotopic (exact) mass is 286 g/mol. The highest BCUT2D eigenvalue weighted by molar-refractivity contribution is 5.27. The number of piperidine rings is 1. The number of alkyl halides is 3. The zero-order chi connectivity index (χ0) is 14.9. The number of likely N-dealkylation sites (tertiary alicyclic amines) is 1. The van der Waals surface area contributed by atoms with Crippen LogP contribution in [0.4, 0.5) is 13.2 Å². The summed E-state index contributed by atoms with van der Waals surface area (Å²) in [4.78, 5) is 2.17. The first-order valence-corrected chi connectivity index (χ1v) is 6.94. The van der Waals surface area contributed by atoms with Crippen molar-refractivity contribution in [3.63, 3.8) is 0 Å². The second-order valence-electron chi connectivity index (χ2n) is 5.85. The van der Waals surface area contributed by atoms with Crippen LogP contribution < -0.4 is 5.73 Å². The van der Waals surface area contributed by atoms with Gasteiger partial charge in [0.1, 0.15) is 0 Å². The zero-order valence-electron chi connectivity index (χ0n) is 11.8. The molecule has 0 saturated carbocycles. The highest BCUT2D eigenvalue weighted by atomic mass is 19.4. The lowest BCUT2D eigenvalue weighted by Crippen LogP contribution is -2.47. The molecule has 1 aromatic carbocycles. The number of nitrogens with two attached hydrogens (primary N) is 1. The second kappa shape index (κ2) is 5.74. The van der Waals surface area contributed by atoms with E-state index in [-0.39, 0.29) is 12.1 Å². The molecule has 0 aliphatic carbocycles. The van der Waals surface area contributed by atoms with Gasteiger partial charge in [0.15, 0.2) is 0 Å². The normalized spacial score (nSPS) is 26.5. The fourth-order valence-electron chi connectivity index (χ4n) is 2.94. The standard InChI is InChI=1S/C15H21F3N2/c1-10-6-14(19)9-20(8-10)11(2)12-4-3-5-13(7-12)15(16,17)18/h3-5,7,10-11,14H,6,8-9,19H2,1-2H3. The third kappa shape index (κ3) is 3.52. The molecule has 0 radical (unpaired) electrons. The zero-order valence-corrected chi connectivity index (χ0v) is 11.8. The van der Waals surface area contributed by atoms with Crippen molar-refractivity contribution in [1.82, 2.24) is 4.90 Å². The minimum Gasteiger partial charge on any atom is -0.327 e. The number of hydrogen-bond acceptors (Lipinski definition) is 2. The van der Waals surface area contributed by atoms with E-state index in [0.29, 0.717) is 11.5 Å². The van der Waals surface area contributed by atoms with Crippen LogP contribution in [-0.4, -0.2) is 24.0 Å². The molecule has 1 aliphatic heterocycles. The Bertz CT molecular complexity index is 449. The van der Waals surface area contributed by atoms with Gasteiger partial charge in [-0.2, -0.15) is 13.2 Å². The Morgan fingerprint density at radius 2 is 2.00 bits per heavy atom. The Morgan fingerprint density at radius 1 is 1.30 bits per heavy atom. The number of benzene rings is 1. The molecule has 0 bridgehead atoms. The van der Waals surface area contributed by atoms with E-state index in [9.17, 15) is 13.2 Å². The van der Waals surface area contributed by atoms with Crippen molar-refractivity contribution in [2.24, 2.45) is 11.7 Å². The molecular formula is C15H21F3N2. The summed E-state index contributed by atoms with van der Waals surface area (Å²) < 4.78 is 38.3. The summed E-state index contributed by atoms with van der Waals surface area (Å²) in [5.74, 6) is 0.479. The van der Waals surface area contributed by atoms with E-state index in [1.807, 2.05) is 6.92 Å². The van der Waals surface area contributed by atoms with Crippen LogP contribution in [0.5, 0.6) is 0 Å². The summed E-state index contributed by atoms with van der Waals surface area (Å²) in [6.07, 6.45) is -3.31. The lowest BCUT2D eigenvalue weighted by molar-refractivity contribution is -0.137. The number of halogens is 3. The largest absolute Gasteiger partial charge is 0.416 e. The van der Waals surface area contributed by atoms with Crippen LogP contribution >= 0.6 is 0 Å². The van der Waals surface area contributed by atoms with E-state index in [0.717, 1.165) is 25.6 Å². The molecule has 1 aromatic rings. The molecule has 0 spiro atoms. The average molecular weight is 286 g/mol. The van der Waals surface area contributed by atoms with E-state index in [4.69, 9.17) is 5.73 Å². The third-order valence-corrected chi connectivity index (χ3v) is 3.96. The summed E-state index contributed by atoms with van der Waals surface area (Å²) in [6, 6.07) is 5.64. The minimum absolute atomic E-state index is 0.0499. The Balaban J connectivity index is 2.18. The van der Waals surface area contributed by atoms with Gasteiger partial charge in [0.25, 0.3) is 0 Å². The Morgan fingerprint density at radius 3 is 2.60 bits per heavy atom. The van der Waals surface area contributed by atoms with E-state index in [1.54, 1.807) is 6.07 Å². The van der Waals surface area contributed by atoms with Crippen LogP contribution in [0.3, 0.4) is 0 Å². The van der Waals surface area contributed by atoms with Crippen molar-refractivity contribution in [1.29, 1.82) is 0 Å². The Kier molecular flexibility index (Phi) is 4.39. The first-order valence-electron chi connectivity index (χ1n) is 6.94. The molecule has 2 rings (SSSR count). The molecule has 2 N–H and O–H groups in total. The topological polar surface area (TPSA) is 29.3 Å². The van der Waals surface area contributed by atoms with Gasteiger partial charge in [0.2, 0.25) is 0 Å². The van der Waals surface area contributed by atoms with Gasteiger partial charge in [-0.25, -0.2) is 0 Å². The van der Waals surface area contributed by atoms with Crippen LogP contribution in [0.15, 0.2) is 24.3 Å². The van der Waals surface area contributed by atoms with E-state index < -0.39 is 11.7 Å². The molecule has 20 heavy (non-hydrogen) atoms. The molecule has 0 aromatic heterocycles. The molecular weight excluding hydrogens is 265 g/mol. The van der Waals surface area contributed by atoms with Gasteiger partial charge in [0.05, 0.1) is 5.56 Å². The molecule has 3 atom stereocenters. The van der Waals surface area contributed by atoms with Crippen LogP contribution in [-0.2, 0) is 6.18 Å². The highest BCUT2D eigenvalue weighted by Crippen LogP contribution is 2.32. The first kappa shape index (κ1) is 15.3. The third-order valence-electron chi connectivity index (χ3n) is 3.96. The van der Waals surface area contributed by atoms with E-state index in [1.165, 1.54) is 12.1 Å². The number of rotatable bonds is 2. The molecule has 5 heteroatoms. The molecule has 0 amide bonds. The van der Waals surface area contributed by atoms with Crippen molar-refractivity contribution >= 4 is 0 Å². The van der Waals surface area contributed by atoms with E-state index in [2.05, 4.69) is 11.8 Å². The Labute approximate surface area is 117 Å². The quantitative estimate of drug-likeness (QED) is 0.902. The predicted octanol–water partition coefficient (Wildman–Crippen LogP) is 3.44. The maximum Gasteiger partial charge on any atom is 0.416 e. The average Bonchev–Trinajstić information content (AvgIpc) is 2.36. The van der Waals surface area contributed by atoms with Crippen molar-refractivity contribution in [3.8, 4) is 0 Å². The van der Waals surface area contributed by atoms with E-state index >= 15 is 0 Å². The lowest BCUT2D eigenvalue weighted by Gasteiger charge is -2.39. The molecule has 1 heterocycles. The van der Waals surface area contributed by atoms with Gasteiger partial charge < -0.3 is 5.73 Å². The number of hydrogen-bond donors (Lipinski definition) is 1. The number of nitrogens with zero attached hydrogens (tertiary/aromatic N) is 1. The molecule has 3 unspecified atom stereocenters. The van der Waals surface area contributed by atoms with Gasteiger partial charge in [-0.05, 0) is 37.0 Å². The molecule has 112 valence electrons. The molecule has 2 nitrogen and oxygen atoms in total. The maximum atomic E-state index is 12.8. The summed E-state index contributed by atoms with van der Waals surface area (Å²) in [5.41, 5.74) is 6.12. The maximum absolute atomic E-state index is 12.8. The van der Waals surface area contributed by atoms with Crippen molar-refractivity contribution in [2.75, 3.05) is 13.1 Å². The van der Waals surface area contributed by atoms with Gasteiger partial charge in [-0.15, -0.1) is 0 Å². The second-order valence-corrected chi connectivity index (χ2v) is 5.85.